The lowest BCUT2D eigenvalue weighted by Crippen LogP contribution is -2.00. The van der Waals surface area contributed by atoms with E-state index in [-0.39, 0.29) is 31.5 Å². The fourth-order valence-electron chi connectivity index (χ4n) is 2.09. The fraction of sp³-hybridized carbons (Fsp3) is 0. The molecule has 1 N–H and O–H groups in total. The minimum absolute atomic E-state index is 0.0601. The van der Waals surface area contributed by atoms with Gasteiger partial charge in [0.15, 0.2) is 16.4 Å². The second-order valence-electron chi connectivity index (χ2n) is 4.24. The van der Waals surface area contributed by atoms with E-state index in [1.807, 2.05) is 0 Å². The van der Waals surface area contributed by atoms with Crippen molar-refractivity contribution in [3.8, 4) is 5.69 Å². The van der Waals surface area contributed by atoms with Crippen LogP contribution in [0.4, 0.5) is 13.2 Å². The van der Waals surface area contributed by atoms with Crippen LogP contribution in [0.15, 0.2) is 24.3 Å². The van der Waals surface area contributed by atoms with Gasteiger partial charge in [0.05, 0.1) is 21.2 Å². The molecule has 1 heterocycles. The predicted molar refractivity (Wildman–Crippen MR) is 78.4 cm³/mol. The van der Waals surface area contributed by atoms with Crippen LogP contribution in [0, 0.1) is 22.2 Å². The van der Waals surface area contributed by atoms with Crippen molar-refractivity contribution in [1.29, 1.82) is 0 Å². The molecular weight excluding hydrogens is 344 g/mol. The van der Waals surface area contributed by atoms with Crippen molar-refractivity contribution in [1.82, 2.24) is 9.55 Å². The minimum Gasteiger partial charge on any atom is -0.330 e. The summed E-state index contributed by atoms with van der Waals surface area (Å²) in [6.45, 7) is 0. The summed E-state index contributed by atoms with van der Waals surface area (Å²) >= 11 is 17.0. The Morgan fingerprint density at radius 1 is 1.05 bits per heavy atom. The monoisotopic (exact) mass is 348 g/mol. The Labute approximate surface area is 131 Å². The van der Waals surface area contributed by atoms with Gasteiger partial charge in [0.1, 0.15) is 11.3 Å². The summed E-state index contributed by atoms with van der Waals surface area (Å²) in [6.07, 6.45) is 0. The Balaban J connectivity index is 2.49. The molecule has 21 heavy (non-hydrogen) atoms. The van der Waals surface area contributed by atoms with Gasteiger partial charge in [-0.25, -0.2) is 13.2 Å². The fourth-order valence-corrected chi connectivity index (χ4v) is 3.02. The van der Waals surface area contributed by atoms with E-state index >= 15 is 0 Å². The molecule has 0 saturated heterocycles. The van der Waals surface area contributed by atoms with Crippen molar-refractivity contribution in [3.63, 3.8) is 0 Å². The molecule has 0 atom stereocenters. The number of fused-ring (bicyclic) bond motifs is 1. The van der Waals surface area contributed by atoms with Crippen LogP contribution in [-0.4, -0.2) is 9.55 Å². The molecule has 0 amide bonds. The van der Waals surface area contributed by atoms with Crippen LogP contribution >= 0.6 is 35.4 Å². The molecule has 0 aliphatic rings. The molecule has 3 aromatic rings. The summed E-state index contributed by atoms with van der Waals surface area (Å²) in [5.41, 5.74) is 0.214. The third-order valence-electron chi connectivity index (χ3n) is 2.94. The molecule has 0 bridgehead atoms. The topological polar surface area (TPSA) is 20.7 Å². The lowest BCUT2D eigenvalue weighted by molar-refractivity contribution is 0.514. The summed E-state index contributed by atoms with van der Waals surface area (Å²) < 4.78 is 42.0. The van der Waals surface area contributed by atoms with E-state index in [0.717, 1.165) is 22.8 Å². The van der Waals surface area contributed by atoms with Crippen molar-refractivity contribution >= 4 is 46.5 Å². The lowest BCUT2D eigenvalue weighted by Gasteiger charge is -2.10. The van der Waals surface area contributed by atoms with Gasteiger partial charge in [-0.1, -0.05) is 23.2 Å². The molecule has 0 spiro atoms. The van der Waals surface area contributed by atoms with Crippen molar-refractivity contribution in [2.45, 2.75) is 0 Å². The zero-order chi connectivity index (χ0) is 15.3. The standard InChI is InChI=1S/C13H5Cl2F3N2S/c14-6-3-5(16)4-7(15)11(6)20-12-9(19-13(20)21)2-1-8(17)10(12)18/h1-4H,(H,19,21). The second kappa shape index (κ2) is 5.05. The van der Waals surface area contributed by atoms with Crippen molar-refractivity contribution in [2.24, 2.45) is 0 Å². The molecular formula is C13H5Cl2F3N2S. The SMILES string of the molecule is Fc1cc(Cl)c(-n2c(=S)[nH]c3ccc(F)c(F)c32)c(Cl)c1. The number of imidazole rings is 1. The van der Waals surface area contributed by atoms with Crippen LogP contribution in [-0.2, 0) is 0 Å². The van der Waals surface area contributed by atoms with E-state index in [2.05, 4.69) is 4.98 Å². The molecule has 2 aromatic carbocycles. The van der Waals surface area contributed by atoms with Crippen LogP contribution in [0.25, 0.3) is 16.7 Å². The van der Waals surface area contributed by atoms with Crippen LogP contribution in [0.2, 0.25) is 10.0 Å². The van der Waals surface area contributed by atoms with Crippen LogP contribution in [0.1, 0.15) is 0 Å². The molecule has 1 aromatic heterocycles. The second-order valence-corrected chi connectivity index (χ2v) is 5.44. The van der Waals surface area contributed by atoms with Gasteiger partial charge < -0.3 is 4.98 Å². The Kier molecular flexibility index (Phi) is 3.47. The molecule has 0 unspecified atom stereocenters. The highest BCUT2D eigenvalue weighted by molar-refractivity contribution is 7.71. The summed E-state index contributed by atoms with van der Waals surface area (Å²) in [5.74, 6) is -2.79. The van der Waals surface area contributed by atoms with Crippen LogP contribution in [0.3, 0.4) is 0 Å². The first kappa shape index (κ1) is 14.4. The number of aromatic amines is 1. The smallest absolute Gasteiger partial charge is 0.184 e. The molecule has 0 radical (unpaired) electrons. The number of nitrogens with one attached hydrogen (secondary N) is 1. The Bertz CT molecular complexity index is 910. The van der Waals surface area contributed by atoms with E-state index in [1.165, 1.54) is 6.07 Å². The maximum Gasteiger partial charge on any atom is 0.184 e. The van der Waals surface area contributed by atoms with Crippen molar-refractivity contribution in [2.75, 3.05) is 0 Å². The average molecular weight is 349 g/mol. The Hall–Kier alpha value is -1.50. The van der Waals surface area contributed by atoms with Gasteiger partial charge in [0, 0.05) is 0 Å². The quantitative estimate of drug-likeness (QED) is 0.583. The molecule has 0 aliphatic heterocycles. The number of hydrogen-bond acceptors (Lipinski definition) is 1. The number of hydrogen-bond donors (Lipinski definition) is 1. The molecule has 108 valence electrons. The molecule has 3 rings (SSSR count). The summed E-state index contributed by atoms with van der Waals surface area (Å²) in [4.78, 5) is 2.72. The highest BCUT2D eigenvalue weighted by Gasteiger charge is 2.19. The third-order valence-corrected chi connectivity index (χ3v) is 3.80. The highest BCUT2D eigenvalue weighted by atomic mass is 35.5. The summed E-state index contributed by atoms with van der Waals surface area (Å²) in [5, 5.41) is -0.138. The number of halogens is 5. The van der Waals surface area contributed by atoms with E-state index in [0.29, 0.717) is 0 Å². The van der Waals surface area contributed by atoms with Gasteiger partial charge in [-0.2, -0.15) is 0 Å². The molecule has 0 saturated carbocycles. The van der Waals surface area contributed by atoms with E-state index < -0.39 is 17.5 Å². The summed E-state index contributed by atoms with van der Waals surface area (Å²) in [6, 6.07) is 4.34. The van der Waals surface area contributed by atoms with Crippen LogP contribution < -0.4 is 0 Å². The molecule has 8 heteroatoms. The number of aromatic nitrogens is 2. The van der Waals surface area contributed by atoms with E-state index in [9.17, 15) is 13.2 Å². The molecule has 0 fully saturated rings. The first-order chi connectivity index (χ1) is 9.90. The van der Waals surface area contributed by atoms with E-state index in [4.69, 9.17) is 35.4 Å². The van der Waals surface area contributed by atoms with Gasteiger partial charge in [0.2, 0.25) is 0 Å². The zero-order valence-corrected chi connectivity index (χ0v) is 12.4. The maximum atomic E-state index is 14.1. The molecule has 2 nitrogen and oxygen atoms in total. The van der Waals surface area contributed by atoms with Gasteiger partial charge in [-0.15, -0.1) is 0 Å². The Morgan fingerprint density at radius 2 is 1.67 bits per heavy atom. The number of rotatable bonds is 1. The van der Waals surface area contributed by atoms with Gasteiger partial charge >= 0.3 is 0 Å². The van der Waals surface area contributed by atoms with Crippen molar-refractivity contribution < 1.29 is 13.2 Å². The van der Waals surface area contributed by atoms with Gasteiger partial charge in [-0.05, 0) is 36.5 Å². The normalized spacial score (nSPS) is 11.3. The minimum atomic E-state index is -1.10. The van der Waals surface area contributed by atoms with Crippen molar-refractivity contribution in [3.05, 3.63) is 56.5 Å². The van der Waals surface area contributed by atoms with Gasteiger partial charge in [0.25, 0.3) is 0 Å². The lowest BCUT2D eigenvalue weighted by atomic mass is 10.2. The summed E-state index contributed by atoms with van der Waals surface area (Å²) in [7, 11) is 0. The average Bonchev–Trinajstić information content (AvgIpc) is 2.71. The van der Waals surface area contributed by atoms with E-state index in [1.54, 1.807) is 0 Å². The first-order valence-corrected chi connectivity index (χ1v) is 6.80. The van der Waals surface area contributed by atoms with Gasteiger partial charge in [-0.3, -0.25) is 4.57 Å². The zero-order valence-electron chi connectivity index (χ0n) is 10.1. The maximum absolute atomic E-state index is 14.1. The third kappa shape index (κ3) is 2.23. The first-order valence-electron chi connectivity index (χ1n) is 5.64. The Morgan fingerprint density at radius 3 is 2.29 bits per heavy atom. The largest absolute Gasteiger partial charge is 0.330 e. The number of nitrogens with zero attached hydrogens (tertiary/aromatic N) is 1. The predicted octanol–water partition coefficient (Wildman–Crippen LogP) is 5.41. The van der Waals surface area contributed by atoms with Crippen LogP contribution in [0.5, 0.6) is 0 Å². The molecule has 0 aliphatic carbocycles. The highest BCUT2D eigenvalue weighted by Crippen LogP contribution is 2.33. The number of H-pyrrole nitrogens is 1. The number of benzene rings is 2.